The standard InChI is InChI=1S/C35H45NO5Si/c1-34(2,3)40-33(38)36-22-21-30(28-15-12-16-29(23-28)41-42(7,8)35(4,5)6)31(24-36)39-32(37)27-19-17-26(18-20-27)25-13-10-9-11-14-25/h9-20,23,30-31H,21-22,24H2,1-8H3/t30-,31+/m1/s1. The van der Waals surface area contributed by atoms with Gasteiger partial charge in [0.2, 0.25) is 8.32 Å². The highest BCUT2D eigenvalue weighted by atomic mass is 28.4. The van der Waals surface area contributed by atoms with Crippen LogP contribution in [0.4, 0.5) is 4.79 Å². The minimum Gasteiger partial charge on any atom is -0.543 e. The summed E-state index contributed by atoms with van der Waals surface area (Å²) in [6.07, 6.45) is -0.312. The van der Waals surface area contributed by atoms with E-state index in [1.807, 2.05) is 75.4 Å². The van der Waals surface area contributed by atoms with E-state index in [2.05, 4.69) is 46.0 Å². The molecule has 0 aliphatic carbocycles. The fraction of sp³-hybridized carbons (Fsp3) is 0.429. The Labute approximate surface area is 252 Å². The molecule has 0 aromatic heterocycles. The second-order valence-corrected chi connectivity index (χ2v) is 18.4. The number of ether oxygens (including phenoxy) is 2. The predicted molar refractivity (Wildman–Crippen MR) is 171 cm³/mol. The second-order valence-electron chi connectivity index (χ2n) is 13.6. The van der Waals surface area contributed by atoms with Crippen molar-refractivity contribution in [2.75, 3.05) is 13.1 Å². The van der Waals surface area contributed by atoms with E-state index in [0.29, 0.717) is 18.5 Å². The number of hydrogen-bond donors (Lipinski definition) is 0. The smallest absolute Gasteiger partial charge is 0.410 e. The summed E-state index contributed by atoms with van der Waals surface area (Å²) in [4.78, 5) is 28.1. The van der Waals surface area contributed by atoms with E-state index < -0.39 is 32.1 Å². The fourth-order valence-corrected chi connectivity index (χ4v) is 5.82. The van der Waals surface area contributed by atoms with Gasteiger partial charge in [0.25, 0.3) is 0 Å². The summed E-state index contributed by atoms with van der Waals surface area (Å²) < 4.78 is 18.4. The van der Waals surface area contributed by atoms with Crippen LogP contribution < -0.4 is 4.43 Å². The Hall–Kier alpha value is -3.58. The largest absolute Gasteiger partial charge is 0.543 e. The van der Waals surface area contributed by atoms with Gasteiger partial charge in [0, 0.05) is 12.5 Å². The van der Waals surface area contributed by atoms with Gasteiger partial charge in [-0.3, -0.25) is 0 Å². The summed E-state index contributed by atoms with van der Waals surface area (Å²) in [6, 6.07) is 25.6. The zero-order valence-corrected chi connectivity index (χ0v) is 27.3. The molecule has 1 heterocycles. The zero-order valence-electron chi connectivity index (χ0n) is 26.3. The molecule has 1 aliphatic rings. The minimum absolute atomic E-state index is 0.0654. The summed E-state index contributed by atoms with van der Waals surface area (Å²) in [5, 5.41) is 0.0654. The number of hydrogen-bond acceptors (Lipinski definition) is 5. The normalized spacial score (nSPS) is 17.9. The van der Waals surface area contributed by atoms with Gasteiger partial charge < -0.3 is 18.8 Å². The molecule has 0 unspecified atom stereocenters. The number of esters is 1. The van der Waals surface area contributed by atoms with Crippen molar-refractivity contribution in [3.05, 3.63) is 90.0 Å². The molecule has 0 N–H and O–H groups in total. The number of carbonyl (C=O) groups excluding carboxylic acids is 2. The lowest BCUT2D eigenvalue weighted by atomic mass is 9.87. The van der Waals surface area contributed by atoms with Crippen LogP contribution in [-0.4, -0.2) is 50.1 Å². The summed E-state index contributed by atoms with van der Waals surface area (Å²) in [7, 11) is -2.04. The van der Waals surface area contributed by atoms with E-state index in [1.165, 1.54) is 0 Å². The fourth-order valence-electron chi connectivity index (χ4n) is 4.80. The highest BCUT2D eigenvalue weighted by Crippen LogP contribution is 2.39. The SMILES string of the molecule is CC(C)(C)OC(=O)N1CC[C@H](c2cccc(O[Si](C)(C)C(C)(C)C)c2)[C@@H](OC(=O)c2ccc(-c3ccccc3)cc2)C1. The number of benzene rings is 3. The Morgan fingerprint density at radius 2 is 1.48 bits per heavy atom. The molecule has 2 atom stereocenters. The van der Waals surface area contributed by atoms with Crippen molar-refractivity contribution in [2.24, 2.45) is 0 Å². The first-order valence-electron chi connectivity index (χ1n) is 14.8. The topological polar surface area (TPSA) is 65.1 Å². The molecule has 3 aromatic carbocycles. The van der Waals surface area contributed by atoms with Gasteiger partial charge >= 0.3 is 12.1 Å². The van der Waals surface area contributed by atoms with Crippen LogP contribution in [-0.2, 0) is 9.47 Å². The molecule has 0 spiro atoms. The van der Waals surface area contributed by atoms with Gasteiger partial charge in [-0.25, -0.2) is 9.59 Å². The zero-order chi connectivity index (χ0) is 30.7. The van der Waals surface area contributed by atoms with Gasteiger partial charge in [-0.2, -0.15) is 0 Å². The Morgan fingerprint density at radius 1 is 0.833 bits per heavy atom. The maximum atomic E-state index is 13.4. The Balaban J connectivity index is 1.58. The van der Waals surface area contributed by atoms with Crippen molar-refractivity contribution in [1.82, 2.24) is 4.90 Å². The van der Waals surface area contributed by atoms with Gasteiger partial charge in [-0.1, -0.05) is 75.4 Å². The lowest BCUT2D eigenvalue weighted by Crippen LogP contribution is -2.49. The Bertz CT molecular complexity index is 1370. The number of carbonyl (C=O) groups is 2. The van der Waals surface area contributed by atoms with Crippen LogP contribution in [0.25, 0.3) is 11.1 Å². The molecule has 42 heavy (non-hydrogen) atoms. The van der Waals surface area contributed by atoms with Gasteiger partial charge in [0.1, 0.15) is 17.5 Å². The number of rotatable bonds is 6. The second kappa shape index (κ2) is 12.3. The molecule has 7 heteroatoms. The average molecular weight is 588 g/mol. The molecule has 3 aromatic rings. The summed E-state index contributed by atoms with van der Waals surface area (Å²) in [5.41, 5.74) is 3.00. The molecular weight excluding hydrogens is 542 g/mol. The molecule has 224 valence electrons. The molecule has 0 saturated carbocycles. The highest BCUT2D eigenvalue weighted by molar-refractivity contribution is 6.74. The number of amides is 1. The van der Waals surface area contributed by atoms with Gasteiger partial charge in [-0.15, -0.1) is 0 Å². The third kappa shape index (κ3) is 7.82. The molecule has 0 radical (unpaired) electrons. The van der Waals surface area contributed by atoms with E-state index >= 15 is 0 Å². The van der Waals surface area contributed by atoms with Crippen LogP contribution in [0.2, 0.25) is 18.1 Å². The summed E-state index contributed by atoms with van der Waals surface area (Å²) >= 11 is 0. The quantitative estimate of drug-likeness (QED) is 0.213. The van der Waals surface area contributed by atoms with Crippen LogP contribution in [0.15, 0.2) is 78.9 Å². The number of piperidine rings is 1. The first-order chi connectivity index (χ1) is 19.6. The maximum absolute atomic E-state index is 13.4. The van der Waals surface area contributed by atoms with Crippen molar-refractivity contribution < 1.29 is 23.5 Å². The summed E-state index contributed by atoms with van der Waals surface area (Å²) in [6.45, 7) is 17.4. The summed E-state index contributed by atoms with van der Waals surface area (Å²) in [5.74, 6) is 0.318. The molecule has 1 fully saturated rings. The van der Waals surface area contributed by atoms with E-state index in [-0.39, 0.29) is 17.5 Å². The van der Waals surface area contributed by atoms with Gasteiger partial charge in [0.15, 0.2) is 0 Å². The van der Waals surface area contributed by atoms with Crippen LogP contribution >= 0.6 is 0 Å². The molecule has 1 aliphatic heterocycles. The maximum Gasteiger partial charge on any atom is 0.410 e. The monoisotopic (exact) mass is 587 g/mol. The Kier molecular flexibility index (Phi) is 9.21. The van der Waals surface area contributed by atoms with E-state index in [9.17, 15) is 9.59 Å². The molecule has 0 bridgehead atoms. The molecule has 6 nitrogen and oxygen atoms in total. The molecular formula is C35H45NO5Si. The first-order valence-corrected chi connectivity index (χ1v) is 17.7. The van der Waals surface area contributed by atoms with Gasteiger partial charge in [-0.05, 0) is 86.3 Å². The van der Waals surface area contributed by atoms with E-state index in [0.717, 1.165) is 22.4 Å². The van der Waals surface area contributed by atoms with Crippen LogP contribution in [0.1, 0.15) is 69.8 Å². The van der Waals surface area contributed by atoms with Crippen molar-refractivity contribution in [2.45, 2.75) is 83.7 Å². The number of likely N-dealkylation sites (tertiary alicyclic amines) is 1. The highest BCUT2D eigenvalue weighted by Gasteiger charge is 2.40. The average Bonchev–Trinajstić information content (AvgIpc) is 2.92. The lowest BCUT2D eigenvalue weighted by Gasteiger charge is -2.39. The molecule has 1 saturated heterocycles. The molecule has 4 rings (SSSR count). The van der Waals surface area contributed by atoms with Gasteiger partial charge in [0.05, 0.1) is 12.1 Å². The third-order valence-electron chi connectivity index (χ3n) is 8.16. The Morgan fingerprint density at radius 3 is 2.10 bits per heavy atom. The first kappa shape index (κ1) is 31.4. The van der Waals surface area contributed by atoms with Crippen molar-refractivity contribution in [3.8, 4) is 16.9 Å². The van der Waals surface area contributed by atoms with Crippen LogP contribution in [0.3, 0.4) is 0 Å². The minimum atomic E-state index is -2.04. The molecule has 1 amide bonds. The van der Waals surface area contributed by atoms with Crippen molar-refractivity contribution in [3.63, 3.8) is 0 Å². The van der Waals surface area contributed by atoms with Crippen molar-refractivity contribution >= 4 is 20.4 Å². The van der Waals surface area contributed by atoms with E-state index in [1.54, 1.807) is 17.0 Å². The predicted octanol–water partition coefficient (Wildman–Crippen LogP) is 8.69. The van der Waals surface area contributed by atoms with Crippen molar-refractivity contribution in [1.29, 1.82) is 0 Å². The van der Waals surface area contributed by atoms with Crippen LogP contribution in [0.5, 0.6) is 5.75 Å². The lowest BCUT2D eigenvalue weighted by molar-refractivity contribution is -0.0182. The third-order valence-corrected chi connectivity index (χ3v) is 12.5. The number of nitrogens with zero attached hydrogens (tertiary/aromatic N) is 1. The van der Waals surface area contributed by atoms with E-state index in [4.69, 9.17) is 13.9 Å². The van der Waals surface area contributed by atoms with Crippen LogP contribution in [0, 0.1) is 0 Å².